The van der Waals surface area contributed by atoms with Crippen LogP contribution < -0.4 is 21.9 Å². The lowest BCUT2D eigenvalue weighted by atomic mass is 9.44. The number of nitrogens with zero attached hydrogens (tertiary/aromatic N) is 2. The average molecular weight is 540 g/mol. The molecule has 11 rings (SSSR count). The molecule has 0 N–H and O–H groups in total. The third kappa shape index (κ3) is 2.30. The summed E-state index contributed by atoms with van der Waals surface area (Å²) in [4.78, 5) is 5.59. The molecule has 4 aliphatic heterocycles. The lowest BCUT2D eigenvalue weighted by Gasteiger charge is -2.39. The summed E-state index contributed by atoms with van der Waals surface area (Å²) in [6.45, 7) is 0.361. The second-order valence-electron chi connectivity index (χ2n) is 11.3. The molecule has 182 valence electrons. The van der Waals surface area contributed by atoms with Gasteiger partial charge >= 0.3 is 13.7 Å². The lowest BCUT2D eigenvalue weighted by molar-refractivity contribution is 1.21. The summed E-state index contributed by atoms with van der Waals surface area (Å²) < 4.78 is 5.09. The Labute approximate surface area is 240 Å². The van der Waals surface area contributed by atoms with Crippen LogP contribution in [0.5, 0.6) is 0 Å². The molecule has 0 saturated heterocycles. The number of fused-ring (bicyclic) bond motifs is 9. The van der Waals surface area contributed by atoms with Crippen molar-refractivity contribution in [3.05, 3.63) is 109 Å². The standard InChI is InChI=1S/C34H18B2N2S2/c1-2-12-26-24(11-1)35-31-28(39-26)18-25-34(29(31)23-10-4-7-20-15-17-38(35)33(20)23)40-27-13-5-8-21-22-9-3-6-19-14-16-37(32(19)22)36(25)30(21)27/h1-18H. The maximum absolute atomic E-state index is 2.55. The van der Waals surface area contributed by atoms with Crippen LogP contribution in [0.15, 0.2) is 129 Å². The SMILES string of the molecule is c1ccc2c(c1)Sc1cc3c(c4c1B2n1ccc2cccc-4c21)Sc1cccc2c1B3n1ccc3cccc-2c31. The molecular formula is C34H18B2N2S2. The Morgan fingerprint density at radius 1 is 0.500 bits per heavy atom. The second kappa shape index (κ2) is 7.01. The van der Waals surface area contributed by atoms with Crippen molar-refractivity contribution in [2.45, 2.75) is 19.6 Å². The monoisotopic (exact) mass is 540 g/mol. The molecule has 0 amide bonds. The van der Waals surface area contributed by atoms with Crippen molar-refractivity contribution in [3.8, 4) is 22.3 Å². The fraction of sp³-hybridized carbons (Fsp3) is 0. The van der Waals surface area contributed by atoms with Crippen LogP contribution in [0, 0.1) is 0 Å². The van der Waals surface area contributed by atoms with Crippen LogP contribution >= 0.6 is 23.5 Å². The van der Waals surface area contributed by atoms with Crippen molar-refractivity contribution in [3.63, 3.8) is 0 Å². The molecule has 2 nitrogen and oxygen atoms in total. The molecule has 4 aliphatic rings. The van der Waals surface area contributed by atoms with E-state index in [9.17, 15) is 0 Å². The Morgan fingerprint density at radius 3 is 2.02 bits per heavy atom. The van der Waals surface area contributed by atoms with Crippen molar-refractivity contribution in [2.75, 3.05) is 0 Å². The summed E-state index contributed by atoms with van der Waals surface area (Å²) in [7, 11) is 0. The topological polar surface area (TPSA) is 9.86 Å². The molecule has 0 atom stereocenters. The van der Waals surface area contributed by atoms with E-state index in [0.29, 0.717) is 0 Å². The Morgan fingerprint density at radius 2 is 1.18 bits per heavy atom. The van der Waals surface area contributed by atoms with Gasteiger partial charge in [-0.15, -0.1) is 0 Å². The number of rotatable bonds is 0. The third-order valence-corrected chi connectivity index (χ3v) is 11.8. The van der Waals surface area contributed by atoms with Crippen LogP contribution in [0.2, 0.25) is 0 Å². The summed E-state index contributed by atoms with van der Waals surface area (Å²) in [6.07, 6.45) is 4.63. The molecular weight excluding hydrogens is 522 g/mol. The molecule has 6 heterocycles. The van der Waals surface area contributed by atoms with E-state index < -0.39 is 0 Å². The zero-order valence-corrected chi connectivity index (χ0v) is 22.9. The molecule has 5 aromatic carbocycles. The Kier molecular flexibility index (Phi) is 3.65. The molecule has 0 radical (unpaired) electrons. The van der Waals surface area contributed by atoms with Crippen molar-refractivity contribution in [2.24, 2.45) is 0 Å². The van der Waals surface area contributed by atoms with Gasteiger partial charge in [-0.1, -0.05) is 96.3 Å². The van der Waals surface area contributed by atoms with E-state index in [-0.39, 0.29) is 13.7 Å². The molecule has 6 heteroatoms. The minimum atomic E-state index is 0.167. The van der Waals surface area contributed by atoms with Gasteiger partial charge in [0.25, 0.3) is 0 Å². The van der Waals surface area contributed by atoms with Gasteiger partial charge in [-0.2, -0.15) is 0 Å². The molecule has 0 aliphatic carbocycles. The van der Waals surface area contributed by atoms with E-state index in [0.717, 1.165) is 0 Å². The zero-order chi connectivity index (χ0) is 25.7. The molecule has 7 aromatic rings. The first-order valence-electron chi connectivity index (χ1n) is 13.8. The van der Waals surface area contributed by atoms with E-state index >= 15 is 0 Å². The highest BCUT2D eigenvalue weighted by Gasteiger charge is 2.45. The first-order chi connectivity index (χ1) is 19.8. The van der Waals surface area contributed by atoms with E-state index in [2.05, 4.69) is 118 Å². The van der Waals surface area contributed by atoms with E-state index in [1.54, 1.807) is 0 Å². The minimum absolute atomic E-state index is 0.167. The molecule has 0 fully saturated rings. The summed E-state index contributed by atoms with van der Waals surface area (Å²) in [6, 6.07) is 36.7. The van der Waals surface area contributed by atoms with Gasteiger partial charge in [-0.25, -0.2) is 0 Å². The average Bonchev–Trinajstić information content (AvgIpc) is 3.63. The fourth-order valence-corrected chi connectivity index (χ4v) is 10.5. The molecule has 0 bridgehead atoms. The van der Waals surface area contributed by atoms with Gasteiger partial charge in [0.1, 0.15) is 0 Å². The normalized spacial score (nSPS) is 14.7. The Balaban J connectivity index is 1.31. The predicted octanol–water partition coefficient (Wildman–Crippen LogP) is 5.79. The first-order valence-corrected chi connectivity index (χ1v) is 15.5. The largest absolute Gasteiger partial charge is 0.382 e. The number of hydrogen-bond donors (Lipinski definition) is 0. The van der Waals surface area contributed by atoms with Gasteiger partial charge in [0.2, 0.25) is 0 Å². The van der Waals surface area contributed by atoms with Crippen molar-refractivity contribution in [1.29, 1.82) is 0 Å². The Hall–Kier alpha value is -3.99. The van der Waals surface area contributed by atoms with Gasteiger partial charge < -0.3 is 8.96 Å². The van der Waals surface area contributed by atoms with Crippen LogP contribution in [0.1, 0.15) is 0 Å². The van der Waals surface area contributed by atoms with Gasteiger partial charge in [0.05, 0.1) is 0 Å². The number of benzene rings is 5. The summed E-state index contributed by atoms with van der Waals surface area (Å²) in [5.41, 5.74) is 14.0. The van der Waals surface area contributed by atoms with E-state index in [4.69, 9.17) is 0 Å². The number of aromatic nitrogens is 2. The molecule has 0 saturated carbocycles. The predicted molar refractivity (Wildman–Crippen MR) is 170 cm³/mol. The lowest BCUT2D eigenvalue weighted by Crippen LogP contribution is -2.58. The summed E-state index contributed by atoms with van der Waals surface area (Å²) in [5, 5.41) is 2.64. The van der Waals surface area contributed by atoms with Crippen LogP contribution in [0.3, 0.4) is 0 Å². The molecule has 0 spiro atoms. The third-order valence-electron chi connectivity index (χ3n) is 9.46. The maximum atomic E-state index is 2.55. The van der Waals surface area contributed by atoms with Crippen LogP contribution in [0.25, 0.3) is 44.1 Å². The van der Waals surface area contributed by atoms with Crippen molar-refractivity contribution in [1.82, 2.24) is 8.96 Å². The van der Waals surface area contributed by atoms with Gasteiger partial charge in [0.15, 0.2) is 0 Å². The molecule has 40 heavy (non-hydrogen) atoms. The molecule has 2 aromatic heterocycles. The van der Waals surface area contributed by atoms with Crippen LogP contribution in [0.4, 0.5) is 0 Å². The smallest absolute Gasteiger partial charge is 0.330 e. The van der Waals surface area contributed by atoms with Crippen LogP contribution in [-0.2, 0) is 0 Å². The van der Waals surface area contributed by atoms with E-state index in [1.165, 1.54) is 85.5 Å². The van der Waals surface area contributed by atoms with Gasteiger partial charge in [-0.05, 0) is 80.4 Å². The zero-order valence-electron chi connectivity index (χ0n) is 21.3. The molecule has 0 unspecified atom stereocenters. The highest BCUT2D eigenvalue weighted by atomic mass is 32.2. The summed E-state index contributed by atoms with van der Waals surface area (Å²) >= 11 is 3.94. The minimum Gasteiger partial charge on any atom is -0.382 e. The quantitative estimate of drug-likeness (QED) is 0.225. The number of hydrogen-bond acceptors (Lipinski definition) is 2. The fourth-order valence-electron chi connectivity index (χ4n) is 7.97. The first kappa shape index (κ1) is 20.8. The maximum Gasteiger partial charge on any atom is 0.330 e. The second-order valence-corrected chi connectivity index (χ2v) is 13.4. The van der Waals surface area contributed by atoms with Gasteiger partial charge in [-0.3, -0.25) is 0 Å². The number of para-hydroxylation sites is 2. The summed E-state index contributed by atoms with van der Waals surface area (Å²) in [5.74, 6) is 0. The Bertz CT molecular complexity index is 2310. The van der Waals surface area contributed by atoms with Crippen molar-refractivity contribution < 1.29 is 0 Å². The highest BCUT2D eigenvalue weighted by Crippen LogP contribution is 2.47. The highest BCUT2D eigenvalue weighted by molar-refractivity contribution is 8.00. The van der Waals surface area contributed by atoms with Gasteiger partial charge in [0, 0.05) is 41.7 Å². The van der Waals surface area contributed by atoms with Crippen molar-refractivity contribution >= 4 is 80.9 Å². The van der Waals surface area contributed by atoms with Crippen LogP contribution in [-0.4, -0.2) is 22.7 Å². The van der Waals surface area contributed by atoms with E-state index in [1.807, 2.05) is 23.5 Å².